The highest BCUT2D eigenvalue weighted by Crippen LogP contribution is 2.30. The van der Waals surface area contributed by atoms with Gasteiger partial charge in [-0.2, -0.15) is 0 Å². The van der Waals surface area contributed by atoms with Gasteiger partial charge in [0.05, 0.1) is 0 Å². The van der Waals surface area contributed by atoms with Crippen LogP contribution in [0, 0.1) is 5.92 Å². The maximum absolute atomic E-state index is 4.16. The summed E-state index contributed by atoms with van der Waals surface area (Å²) in [6.07, 6.45) is 11.1. The fraction of sp³-hybridized carbons (Fsp3) is 0.833. The molecule has 0 aromatic carbocycles. The molecule has 0 saturated heterocycles. The SMILES string of the molecule is C=C(CCCC)CC1CCCC1. The number of rotatable bonds is 5. The lowest BCUT2D eigenvalue weighted by molar-refractivity contribution is 0.531. The number of allylic oxidation sites excluding steroid dienone is 1. The highest BCUT2D eigenvalue weighted by atomic mass is 14.2. The molecule has 1 saturated carbocycles. The molecule has 1 rings (SSSR count). The second-order valence-electron chi connectivity index (χ2n) is 4.21. The quantitative estimate of drug-likeness (QED) is 0.534. The molecule has 0 spiro atoms. The Morgan fingerprint density at radius 1 is 1.33 bits per heavy atom. The molecule has 0 unspecified atom stereocenters. The van der Waals surface area contributed by atoms with Crippen LogP contribution in [0.2, 0.25) is 0 Å². The maximum atomic E-state index is 4.16. The van der Waals surface area contributed by atoms with E-state index in [1.807, 2.05) is 0 Å². The Hall–Kier alpha value is -0.260. The molecule has 0 radical (unpaired) electrons. The van der Waals surface area contributed by atoms with E-state index in [0.717, 1.165) is 5.92 Å². The Labute approximate surface area is 77.1 Å². The first-order valence-corrected chi connectivity index (χ1v) is 5.49. The predicted octanol–water partition coefficient (Wildman–Crippen LogP) is 4.31. The van der Waals surface area contributed by atoms with Crippen molar-refractivity contribution in [3.05, 3.63) is 12.2 Å². The summed E-state index contributed by atoms with van der Waals surface area (Å²) < 4.78 is 0. The number of hydrogen-bond acceptors (Lipinski definition) is 0. The molecule has 70 valence electrons. The Morgan fingerprint density at radius 3 is 2.58 bits per heavy atom. The van der Waals surface area contributed by atoms with Crippen LogP contribution in [0.3, 0.4) is 0 Å². The lowest BCUT2D eigenvalue weighted by atomic mass is 9.96. The van der Waals surface area contributed by atoms with Gasteiger partial charge in [0, 0.05) is 0 Å². The van der Waals surface area contributed by atoms with Gasteiger partial charge in [-0.25, -0.2) is 0 Å². The Kier molecular flexibility index (Phi) is 4.42. The summed E-state index contributed by atoms with van der Waals surface area (Å²) in [7, 11) is 0. The first-order valence-electron chi connectivity index (χ1n) is 5.49. The minimum atomic E-state index is 0.995. The summed E-state index contributed by atoms with van der Waals surface area (Å²) in [5, 5.41) is 0. The topological polar surface area (TPSA) is 0 Å². The molecule has 0 atom stereocenters. The maximum Gasteiger partial charge on any atom is -0.0294 e. The van der Waals surface area contributed by atoms with Gasteiger partial charge in [-0.1, -0.05) is 51.2 Å². The molecule has 1 aliphatic rings. The van der Waals surface area contributed by atoms with Crippen LogP contribution in [0.25, 0.3) is 0 Å². The first-order chi connectivity index (χ1) is 5.83. The normalized spacial score (nSPS) is 18.4. The molecule has 0 bridgehead atoms. The molecule has 0 N–H and O–H groups in total. The third-order valence-electron chi connectivity index (χ3n) is 2.94. The fourth-order valence-corrected chi connectivity index (χ4v) is 2.15. The van der Waals surface area contributed by atoms with Gasteiger partial charge >= 0.3 is 0 Å². The van der Waals surface area contributed by atoms with Crippen LogP contribution in [0.5, 0.6) is 0 Å². The Morgan fingerprint density at radius 2 is 2.00 bits per heavy atom. The van der Waals surface area contributed by atoms with E-state index in [9.17, 15) is 0 Å². The van der Waals surface area contributed by atoms with Crippen LogP contribution in [0.4, 0.5) is 0 Å². The molecule has 12 heavy (non-hydrogen) atoms. The van der Waals surface area contributed by atoms with Gasteiger partial charge in [0.25, 0.3) is 0 Å². The second kappa shape index (κ2) is 5.40. The molecule has 1 aliphatic carbocycles. The van der Waals surface area contributed by atoms with Crippen LogP contribution in [-0.4, -0.2) is 0 Å². The van der Waals surface area contributed by atoms with Crippen molar-refractivity contribution < 1.29 is 0 Å². The van der Waals surface area contributed by atoms with Crippen molar-refractivity contribution >= 4 is 0 Å². The molecule has 0 amide bonds. The monoisotopic (exact) mass is 166 g/mol. The molecule has 0 aromatic rings. The number of unbranched alkanes of at least 4 members (excludes halogenated alkanes) is 1. The second-order valence-corrected chi connectivity index (χ2v) is 4.21. The van der Waals surface area contributed by atoms with Crippen molar-refractivity contribution in [2.24, 2.45) is 5.92 Å². The minimum absolute atomic E-state index is 0.995. The molecule has 0 heterocycles. The van der Waals surface area contributed by atoms with Crippen molar-refractivity contribution in [3.63, 3.8) is 0 Å². The molecule has 0 aliphatic heterocycles. The van der Waals surface area contributed by atoms with Gasteiger partial charge in [0.1, 0.15) is 0 Å². The average molecular weight is 166 g/mol. The summed E-state index contributed by atoms with van der Waals surface area (Å²) in [5.41, 5.74) is 1.50. The highest BCUT2D eigenvalue weighted by Gasteiger charge is 2.15. The fourth-order valence-electron chi connectivity index (χ4n) is 2.15. The molecule has 0 nitrogen and oxygen atoms in total. The van der Waals surface area contributed by atoms with Gasteiger partial charge in [-0.05, 0) is 25.2 Å². The summed E-state index contributed by atoms with van der Waals surface area (Å²) in [4.78, 5) is 0. The van der Waals surface area contributed by atoms with Crippen LogP contribution in [0.1, 0.15) is 58.3 Å². The Balaban J connectivity index is 2.08. The van der Waals surface area contributed by atoms with Crippen molar-refractivity contribution in [2.45, 2.75) is 58.3 Å². The van der Waals surface area contributed by atoms with Crippen molar-refractivity contribution in [3.8, 4) is 0 Å². The van der Waals surface area contributed by atoms with E-state index < -0.39 is 0 Å². The van der Waals surface area contributed by atoms with Gasteiger partial charge in [-0.3, -0.25) is 0 Å². The van der Waals surface area contributed by atoms with Gasteiger partial charge in [0.15, 0.2) is 0 Å². The van der Waals surface area contributed by atoms with Crippen LogP contribution in [-0.2, 0) is 0 Å². The zero-order chi connectivity index (χ0) is 8.81. The first kappa shape index (κ1) is 9.83. The zero-order valence-electron chi connectivity index (χ0n) is 8.44. The van der Waals surface area contributed by atoms with E-state index in [1.165, 1.54) is 56.9 Å². The smallest absolute Gasteiger partial charge is 0.0294 e. The highest BCUT2D eigenvalue weighted by molar-refractivity contribution is 4.96. The Bertz CT molecular complexity index is 129. The van der Waals surface area contributed by atoms with Crippen LogP contribution < -0.4 is 0 Å². The van der Waals surface area contributed by atoms with Crippen LogP contribution in [0.15, 0.2) is 12.2 Å². The van der Waals surface area contributed by atoms with E-state index in [1.54, 1.807) is 0 Å². The molecular weight excluding hydrogens is 144 g/mol. The van der Waals surface area contributed by atoms with Crippen molar-refractivity contribution in [1.82, 2.24) is 0 Å². The molecule has 0 heteroatoms. The summed E-state index contributed by atoms with van der Waals surface area (Å²) in [5.74, 6) is 0.995. The lowest BCUT2D eigenvalue weighted by Gasteiger charge is -2.10. The van der Waals surface area contributed by atoms with Gasteiger partial charge < -0.3 is 0 Å². The molecular formula is C12H22. The summed E-state index contributed by atoms with van der Waals surface area (Å²) >= 11 is 0. The lowest BCUT2D eigenvalue weighted by Crippen LogP contribution is -1.95. The van der Waals surface area contributed by atoms with E-state index in [4.69, 9.17) is 0 Å². The number of hydrogen-bond donors (Lipinski definition) is 0. The minimum Gasteiger partial charge on any atom is -0.0999 e. The predicted molar refractivity (Wildman–Crippen MR) is 55.2 cm³/mol. The summed E-state index contributed by atoms with van der Waals surface area (Å²) in [6.45, 7) is 6.41. The zero-order valence-corrected chi connectivity index (χ0v) is 8.44. The van der Waals surface area contributed by atoms with E-state index in [0.29, 0.717) is 0 Å². The third kappa shape index (κ3) is 3.42. The van der Waals surface area contributed by atoms with Crippen molar-refractivity contribution in [2.75, 3.05) is 0 Å². The van der Waals surface area contributed by atoms with E-state index >= 15 is 0 Å². The van der Waals surface area contributed by atoms with Gasteiger partial charge in [-0.15, -0.1) is 0 Å². The average Bonchev–Trinajstić information content (AvgIpc) is 2.53. The van der Waals surface area contributed by atoms with E-state index in [2.05, 4.69) is 13.5 Å². The largest absolute Gasteiger partial charge is 0.0999 e. The van der Waals surface area contributed by atoms with E-state index in [-0.39, 0.29) is 0 Å². The molecule has 0 aromatic heterocycles. The standard InChI is InChI=1S/C12H22/c1-3-4-7-11(2)10-12-8-5-6-9-12/h12H,2-10H2,1H3. The van der Waals surface area contributed by atoms with Crippen molar-refractivity contribution in [1.29, 1.82) is 0 Å². The third-order valence-corrected chi connectivity index (χ3v) is 2.94. The van der Waals surface area contributed by atoms with Gasteiger partial charge in [0.2, 0.25) is 0 Å². The molecule has 1 fully saturated rings. The van der Waals surface area contributed by atoms with Crippen LogP contribution >= 0.6 is 0 Å². The summed E-state index contributed by atoms with van der Waals surface area (Å²) in [6, 6.07) is 0.